The monoisotopic (exact) mass is 507 g/mol. The molecule has 0 atom stereocenters. The number of alkyl halides is 3. The van der Waals surface area contributed by atoms with Crippen LogP contribution in [0.4, 0.5) is 36.1 Å². The van der Waals surface area contributed by atoms with Gasteiger partial charge in [-0.25, -0.2) is 9.78 Å². The third kappa shape index (κ3) is 4.65. The summed E-state index contributed by atoms with van der Waals surface area (Å²) < 4.78 is 41.0. The van der Waals surface area contributed by atoms with Gasteiger partial charge in [-0.1, -0.05) is 12.1 Å². The van der Waals surface area contributed by atoms with Crippen molar-refractivity contribution in [2.75, 3.05) is 10.6 Å². The molecule has 0 radical (unpaired) electrons. The van der Waals surface area contributed by atoms with Gasteiger partial charge in [0.15, 0.2) is 0 Å². The molecule has 0 unspecified atom stereocenters. The van der Waals surface area contributed by atoms with Crippen molar-refractivity contribution in [1.82, 2.24) is 4.98 Å². The molecule has 2 aromatic carbocycles. The Bertz CT molecular complexity index is 1300. The molecule has 3 N–H and O–H groups in total. The van der Waals surface area contributed by atoms with Crippen LogP contribution in [-0.4, -0.2) is 16.1 Å². The Hall–Kier alpha value is -3.55. The van der Waals surface area contributed by atoms with Gasteiger partial charge in [0.25, 0.3) is 0 Å². The van der Waals surface area contributed by atoms with E-state index in [0.29, 0.717) is 5.69 Å². The van der Waals surface area contributed by atoms with E-state index in [4.69, 9.17) is 0 Å². The molecule has 1 aromatic heterocycles. The van der Waals surface area contributed by atoms with E-state index in [1.54, 1.807) is 0 Å². The van der Waals surface area contributed by atoms with Crippen molar-refractivity contribution in [3.8, 4) is 0 Å². The largest absolute Gasteiger partial charge is 0.478 e. The summed E-state index contributed by atoms with van der Waals surface area (Å²) in [6.07, 6.45) is 4.68. The van der Waals surface area contributed by atoms with E-state index in [0.717, 1.165) is 29.9 Å². The Kier molecular flexibility index (Phi) is 5.66. The Morgan fingerprint density at radius 2 is 1.46 bits per heavy atom. The van der Waals surface area contributed by atoms with Gasteiger partial charge < -0.3 is 15.7 Å². The lowest BCUT2D eigenvalue weighted by atomic mass is 9.48. The summed E-state index contributed by atoms with van der Waals surface area (Å²) in [6.45, 7) is 0. The van der Waals surface area contributed by atoms with Crippen LogP contribution in [0.25, 0.3) is 0 Å². The zero-order valence-corrected chi connectivity index (χ0v) is 20.2. The Morgan fingerprint density at radius 3 is 2.03 bits per heavy atom. The number of hydrogen-bond donors (Lipinski definition) is 3. The molecule has 0 spiro atoms. The fraction of sp³-hybridized carbons (Fsp3) is 0.379. The SMILES string of the molecule is O=C(O)c1cccnc1Nc1cc(Nc2ccc(C34CC5CC(CC(C5)C3)C4)cc2)cc(C(F)(F)F)c1. The molecule has 37 heavy (non-hydrogen) atoms. The maximum Gasteiger partial charge on any atom is 0.416 e. The van der Waals surface area contributed by atoms with Crippen molar-refractivity contribution in [2.45, 2.75) is 50.1 Å². The van der Waals surface area contributed by atoms with Crippen molar-refractivity contribution in [3.63, 3.8) is 0 Å². The topological polar surface area (TPSA) is 74.2 Å². The summed E-state index contributed by atoms with van der Waals surface area (Å²) in [5.41, 5.74) is 1.65. The number of carboxylic acids is 1. The highest BCUT2D eigenvalue weighted by Gasteiger charge is 2.51. The lowest BCUT2D eigenvalue weighted by Gasteiger charge is -2.57. The summed E-state index contributed by atoms with van der Waals surface area (Å²) >= 11 is 0. The Balaban J connectivity index is 1.26. The molecule has 1 heterocycles. The molecule has 4 bridgehead atoms. The second-order valence-corrected chi connectivity index (χ2v) is 11.0. The van der Waals surface area contributed by atoms with Crippen LogP contribution >= 0.6 is 0 Å². The number of nitrogens with zero attached hydrogens (tertiary/aromatic N) is 1. The first-order chi connectivity index (χ1) is 17.7. The number of nitrogens with one attached hydrogen (secondary N) is 2. The van der Waals surface area contributed by atoms with Crippen molar-refractivity contribution < 1.29 is 23.1 Å². The minimum Gasteiger partial charge on any atom is -0.478 e. The first-order valence-corrected chi connectivity index (χ1v) is 12.7. The molecule has 0 saturated heterocycles. The molecule has 4 aliphatic carbocycles. The predicted molar refractivity (Wildman–Crippen MR) is 135 cm³/mol. The number of hydrogen-bond acceptors (Lipinski definition) is 4. The quantitative estimate of drug-likeness (QED) is 0.318. The molecule has 7 rings (SSSR count). The third-order valence-electron chi connectivity index (χ3n) is 8.39. The van der Waals surface area contributed by atoms with E-state index in [1.807, 2.05) is 12.1 Å². The number of rotatable bonds is 6. The molecular weight excluding hydrogens is 479 g/mol. The molecule has 4 saturated carbocycles. The number of carboxylic acid groups (broad SMARTS) is 1. The van der Waals surface area contributed by atoms with E-state index in [1.165, 1.54) is 68.5 Å². The van der Waals surface area contributed by atoms with Crippen molar-refractivity contribution in [3.05, 3.63) is 77.5 Å². The summed E-state index contributed by atoms with van der Waals surface area (Å²) in [4.78, 5) is 15.5. The zero-order valence-electron chi connectivity index (χ0n) is 20.2. The second-order valence-electron chi connectivity index (χ2n) is 11.0. The van der Waals surface area contributed by atoms with Gasteiger partial charge in [0.1, 0.15) is 11.4 Å². The number of anilines is 4. The van der Waals surface area contributed by atoms with Crippen LogP contribution < -0.4 is 10.6 Å². The van der Waals surface area contributed by atoms with E-state index in [9.17, 15) is 23.1 Å². The van der Waals surface area contributed by atoms with Crippen LogP contribution in [0, 0.1) is 17.8 Å². The zero-order chi connectivity index (χ0) is 25.8. The fourth-order valence-corrected chi connectivity index (χ4v) is 7.29. The average molecular weight is 508 g/mol. The van der Waals surface area contributed by atoms with Gasteiger partial charge in [-0.05, 0) is 110 Å². The summed E-state index contributed by atoms with van der Waals surface area (Å²) in [5, 5.41) is 15.2. The second kappa shape index (κ2) is 8.78. The van der Waals surface area contributed by atoms with Gasteiger partial charge in [0, 0.05) is 23.3 Å². The summed E-state index contributed by atoms with van der Waals surface area (Å²) in [5.74, 6) is 1.25. The number of halogens is 3. The maximum atomic E-state index is 13.7. The first kappa shape index (κ1) is 23.8. The summed E-state index contributed by atoms with van der Waals surface area (Å²) in [6, 6.07) is 14.5. The lowest BCUT2D eigenvalue weighted by Crippen LogP contribution is -2.48. The van der Waals surface area contributed by atoms with E-state index in [-0.39, 0.29) is 28.2 Å². The normalized spacial score (nSPS) is 26.2. The smallest absolute Gasteiger partial charge is 0.416 e. The van der Waals surface area contributed by atoms with Crippen LogP contribution in [0.3, 0.4) is 0 Å². The van der Waals surface area contributed by atoms with Gasteiger partial charge in [-0.15, -0.1) is 0 Å². The van der Waals surface area contributed by atoms with Crippen LogP contribution in [0.15, 0.2) is 60.8 Å². The number of aromatic carboxylic acids is 1. The predicted octanol–water partition coefficient (Wildman–Crippen LogP) is 7.75. The minimum absolute atomic E-state index is 0.0276. The van der Waals surface area contributed by atoms with Crippen LogP contribution in [0.2, 0.25) is 0 Å². The lowest BCUT2D eigenvalue weighted by molar-refractivity contribution is -0.137. The highest BCUT2D eigenvalue weighted by atomic mass is 19.4. The molecule has 0 amide bonds. The standard InChI is InChI=1S/C29H28F3N3O2/c30-29(31,32)21-11-23(13-24(12-21)35-26-25(27(36)37)2-1-7-33-26)34-22-5-3-20(4-6-22)28-14-17-8-18(15-28)10-19(9-17)16-28/h1-7,11-13,17-19,34H,8-10,14-16H2,(H,33,35)(H,36,37). The van der Waals surface area contributed by atoms with Crippen LogP contribution in [0.1, 0.15) is 60.0 Å². The maximum absolute atomic E-state index is 13.7. The Labute approximate surface area is 213 Å². The third-order valence-corrected chi connectivity index (χ3v) is 8.39. The molecule has 4 fully saturated rings. The highest BCUT2D eigenvalue weighted by Crippen LogP contribution is 2.60. The van der Waals surface area contributed by atoms with E-state index < -0.39 is 17.7 Å². The van der Waals surface area contributed by atoms with Crippen LogP contribution in [-0.2, 0) is 11.6 Å². The molecule has 0 aliphatic heterocycles. The van der Waals surface area contributed by atoms with Gasteiger partial charge in [-0.2, -0.15) is 13.2 Å². The van der Waals surface area contributed by atoms with Gasteiger partial charge >= 0.3 is 12.1 Å². The van der Waals surface area contributed by atoms with Gasteiger partial charge in [0.05, 0.1) is 5.56 Å². The molecule has 8 heteroatoms. The number of carbonyl (C=O) groups is 1. The van der Waals surface area contributed by atoms with Crippen LogP contribution in [0.5, 0.6) is 0 Å². The summed E-state index contributed by atoms with van der Waals surface area (Å²) in [7, 11) is 0. The number of aromatic nitrogens is 1. The van der Waals surface area contributed by atoms with E-state index in [2.05, 4.69) is 27.8 Å². The van der Waals surface area contributed by atoms with Crippen molar-refractivity contribution in [1.29, 1.82) is 0 Å². The molecular formula is C29H28F3N3O2. The first-order valence-electron chi connectivity index (χ1n) is 12.7. The van der Waals surface area contributed by atoms with E-state index >= 15 is 0 Å². The molecule has 5 nitrogen and oxygen atoms in total. The number of pyridine rings is 1. The van der Waals surface area contributed by atoms with Crippen molar-refractivity contribution >= 4 is 28.8 Å². The van der Waals surface area contributed by atoms with Crippen molar-refractivity contribution in [2.24, 2.45) is 17.8 Å². The molecule has 3 aromatic rings. The van der Waals surface area contributed by atoms with Gasteiger partial charge in [0.2, 0.25) is 0 Å². The molecule has 4 aliphatic rings. The van der Waals surface area contributed by atoms with Gasteiger partial charge in [-0.3, -0.25) is 0 Å². The Morgan fingerprint density at radius 1 is 0.865 bits per heavy atom. The number of benzene rings is 2. The molecule has 192 valence electrons. The highest BCUT2D eigenvalue weighted by molar-refractivity contribution is 5.94. The fourth-order valence-electron chi connectivity index (χ4n) is 7.29. The minimum atomic E-state index is -4.57. The average Bonchev–Trinajstić information content (AvgIpc) is 2.83.